The zero-order valence-electron chi connectivity index (χ0n) is 15.7. The SMILES string of the molecule is Cc1ccc(Cl)cc1N(CC(=O)Nc1cccc(OC(C)C)c1)S(C)(=O)=O. The molecular formula is C19H23ClN2O4S. The second kappa shape index (κ2) is 8.63. The van der Waals surface area contributed by atoms with E-state index in [0.717, 1.165) is 10.6 Å². The van der Waals surface area contributed by atoms with Crippen LogP contribution in [0.15, 0.2) is 42.5 Å². The molecule has 0 atom stereocenters. The minimum Gasteiger partial charge on any atom is -0.491 e. The van der Waals surface area contributed by atoms with Gasteiger partial charge in [-0.1, -0.05) is 23.7 Å². The molecule has 2 aromatic carbocycles. The summed E-state index contributed by atoms with van der Waals surface area (Å²) in [6, 6.07) is 11.8. The number of carbonyl (C=O) groups is 1. The molecule has 27 heavy (non-hydrogen) atoms. The van der Waals surface area contributed by atoms with Crippen molar-refractivity contribution < 1.29 is 17.9 Å². The Morgan fingerprint density at radius 3 is 2.56 bits per heavy atom. The van der Waals surface area contributed by atoms with Crippen molar-refractivity contribution in [1.82, 2.24) is 0 Å². The van der Waals surface area contributed by atoms with Crippen LogP contribution in [0.4, 0.5) is 11.4 Å². The summed E-state index contributed by atoms with van der Waals surface area (Å²) in [7, 11) is -3.68. The predicted octanol–water partition coefficient (Wildman–Crippen LogP) is 3.84. The molecule has 1 N–H and O–H groups in total. The summed E-state index contributed by atoms with van der Waals surface area (Å²) in [4.78, 5) is 12.5. The molecule has 2 rings (SSSR count). The maximum Gasteiger partial charge on any atom is 0.245 e. The molecule has 0 fully saturated rings. The van der Waals surface area contributed by atoms with E-state index in [1.165, 1.54) is 6.07 Å². The molecule has 0 radical (unpaired) electrons. The summed E-state index contributed by atoms with van der Waals surface area (Å²) in [6.07, 6.45) is 1.06. The van der Waals surface area contributed by atoms with Crippen LogP contribution in [0.1, 0.15) is 19.4 Å². The standard InChI is InChI=1S/C19H23ClN2O4S/c1-13(2)26-17-7-5-6-16(11-17)21-19(23)12-22(27(4,24)25)18-10-15(20)9-8-14(18)3/h5-11,13H,12H2,1-4H3,(H,21,23). The number of anilines is 2. The molecule has 0 aliphatic heterocycles. The quantitative estimate of drug-likeness (QED) is 0.752. The average molecular weight is 411 g/mol. The molecule has 0 aliphatic carbocycles. The highest BCUT2D eigenvalue weighted by molar-refractivity contribution is 7.92. The van der Waals surface area contributed by atoms with Crippen LogP contribution in [0.2, 0.25) is 5.02 Å². The van der Waals surface area contributed by atoms with Crippen molar-refractivity contribution in [3.05, 3.63) is 53.1 Å². The first-order valence-electron chi connectivity index (χ1n) is 8.36. The Morgan fingerprint density at radius 1 is 1.22 bits per heavy atom. The molecule has 6 nitrogen and oxygen atoms in total. The highest BCUT2D eigenvalue weighted by atomic mass is 35.5. The number of amides is 1. The van der Waals surface area contributed by atoms with Crippen molar-refractivity contribution in [2.45, 2.75) is 26.9 Å². The summed E-state index contributed by atoms with van der Waals surface area (Å²) in [6.45, 7) is 5.20. The highest BCUT2D eigenvalue weighted by Crippen LogP contribution is 2.26. The molecule has 0 heterocycles. The lowest BCUT2D eigenvalue weighted by atomic mass is 10.2. The Bertz CT molecular complexity index is 929. The van der Waals surface area contributed by atoms with E-state index in [9.17, 15) is 13.2 Å². The summed E-state index contributed by atoms with van der Waals surface area (Å²) >= 11 is 6.00. The molecule has 0 bridgehead atoms. The van der Waals surface area contributed by atoms with Crippen LogP contribution < -0.4 is 14.4 Å². The first-order chi connectivity index (χ1) is 12.6. The molecular weight excluding hydrogens is 388 g/mol. The lowest BCUT2D eigenvalue weighted by Crippen LogP contribution is -2.37. The number of aryl methyl sites for hydroxylation is 1. The van der Waals surface area contributed by atoms with Crippen molar-refractivity contribution in [1.29, 1.82) is 0 Å². The van der Waals surface area contributed by atoms with Gasteiger partial charge in [-0.2, -0.15) is 0 Å². The van der Waals surface area contributed by atoms with Crippen molar-refractivity contribution in [2.75, 3.05) is 22.4 Å². The van der Waals surface area contributed by atoms with Crippen LogP contribution >= 0.6 is 11.6 Å². The van der Waals surface area contributed by atoms with Gasteiger partial charge in [0.05, 0.1) is 18.0 Å². The fourth-order valence-corrected chi connectivity index (χ4v) is 3.55. The molecule has 146 valence electrons. The van der Waals surface area contributed by atoms with E-state index in [1.807, 2.05) is 13.8 Å². The largest absolute Gasteiger partial charge is 0.491 e. The van der Waals surface area contributed by atoms with E-state index in [-0.39, 0.29) is 12.6 Å². The number of ether oxygens (including phenoxy) is 1. The maximum absolute atomic E-state index is 12.5. The fourth-order valence-electron chi connectivity index (χ4n) is 2.48. The lowest BCUT2D eigenvalue weighted by Gasteiger charge is -2.24. The molecule has 0 saturated heterocycles. The second-order valence-corrected chi connectivity index (χ2v) is 8.79. The van der Waals surface area contributed by atoms with E-state index in [4.69, 9.17) is 16.3 Å². The molecule has 0 unspecified atom stereocenters. The predicted molar refractivity (Wildman–Crippen MR) is 109 cm³/mol. The van der Waals surface area contributed by atoms with E-state index in [2.05, 4.69) is 5.32 Å². The van der Waals surface area contributed by atoms with Gasteiger partial charge in [0.2, 0.25) is 15.9 Å². The monoisotopic (exact) mass is 410 g/mol. The zero-order valence-corrected chi connectivity index (χ0v) is 17.3. The first-order valence-corrected chi connectivity index (χ1v) is 10.6. The van der Waals surface area contributed by atoms with Crippen molar-refractivity contribution in [3.63, 3.8) is 0 Å². The number of sulfonamides is 1. The molecule has 1 amide bonds. The third-order valence-corrected chi connectivity index (χ3v) is 4.98. The Labute approximate surface area is 165 Å². The number of carbonyl (C=O) groups excluding carboxylic acids is 1. The van der Waals surface area contributed by atoms with Gasteiger partial charge in [-0.25, -0.2) is 8.42 Å². The fraction of sp³-hybridized carbons (Fsp3) is 0.316. The van der Waals surface area contributed by atoms with Gasteiger partial charge in [0.1, 0.15) is 12.3 Å². The van der Waals surface area contributed by atoms with Gasteiger partial charge in [0.25, 0.3) is 0 Å². The van der Waals surface area contributed by atoms with Gasteiger partial charge in [-0.05, 0) is 50.6 Å². The van der Waals surface area contributed by atoms with Crippen molar-refractivity contribution in [3.8, 4) is 5.75 Å². The summed E-state index contributed by atoms with van der Waals surface area (Å²) in [5.74, 6) is 0.148. The molecule has 2 aromatic rings. The summed E-state index contributed by atoms with van der Waals surface area (Å²) < 4.78 is 31.1. The van der Waals surface area contributed by atoms with E-state index < -0.39 is 15.9 Å². The van der Waals surface area contributed by atoms with Gasteiger partial charge < -0.3 is 10.1 Å². The number of nitrogens with zero attached hydrogens (tertiary/aromatic N) is 1. The molecule has 0 saturated carbocycles. The van der Waals surface area contributed by atoms with Gasteiger partial charge in [0.15, 0.2) is 0 Å². The normalized spacial score (nSPS) is 11.3. The smallest absolute Gasteiger partial charge is 0.245 e. The van der Waals surface area contributed by atoms with Crippen molar-refractivity contribution in [2.24, 2.45) is 0 Å². The Balaban J connectivity index is 2.21. The number of rotatable bonds is 7. The van der Waals surface area contributed by atoms with Gasteiger partial charge in [-0.3, -0.25) is 9.10 Å². The van der Waals surface area contributed by atoms with E-state index in [1.54, 1.807) is 43.3 Å². The van der Waals surface area contributed by atoms with Crippen molar-refractivity contribution >= 4 is 38.9 Å². The minimum absolute atomic E-state index is 0.00230. The number of halogens is 1. The number of hydrogen-bond acceptors (Lipinski definition) is 4. The van der Waals surface area contributed by atoms with Crippen LogP contribution in [0.25, 0.3) is 0 Å². The van der Waals surface area contributed by atoms with Crippen LogP contribution in [0.3, 0.4) is 0 Å². The maximum atomic E-state index is 12.5. The zero-order chi connectivity index (χ0) is 20.2. The molecule has 0 aliphatic rings. The highest BCUT2D eigenvalue weighted by Gasteiger charge is 2.22. The van der Waals surface area contributed by atoms with Gasteiger partial charge in [-0.15, -0.1) is 0 Å². The summed E-state index contributed by atoms with van der Waals surface area (Å²) in [5, 5.41) is 3.10. The first kappa shape index (κ1) is 21.1. The average Bonchev–Trinajstić information content (AvgIpc) is 2.54. The van der Waals surface area contributed by atoms with Crippen LogP contribution in [-0.2, 0) is 14.8 Å². The van der Waals surface area contributed by atoms with E-state index >= 15 is 0 Å². The van der Waals surface area contributed by atoms with Crippen LogP contribution in [-0.4, -0.2) is 33.2 Å². The lowest BCUT2D eigenvalue weighted by molar-refractivity contribution is -0.114. The molecule has 0 spiro atoms. The third-order valence-electron chi connectivity index (χ3n) is 3.62. The van der Waals surface area contributed by atoms with Crippen LogP contribution in [0, 0.1) is 6.92 Å². The second-order valence-electron chi connectivity index (χ2n) is 6.44. The van der Waals surface area contributed by atoms with E-state index in [0.29, 0.717) is 27.7 Å². The topological polar surface area (TPSA) is 75.7 Å². The Morgan fingerprint density at radius 2 is 1.93 bits per heavy atom. The Hall–Kier alpha value is -2.25. The van der Waals surface area contributed by atoms with Crippen LogP contribution in [0.5, 0.6) is 5.75 Å². The van der Waals surface area contributed by atoms with Gasteiger partial charge >= 0.3 is 0 Å². The number of hydrogen-bond donors (Lipinski definition) is 1. The molecule has 0 aromatic heterocycles. The number of nitrogens with one attached hydrogen (secondary N) is 1. The third kappa shape index (κ3) is 6.15. The minimum atomic E-state index is -3.68. The van der Waals surface area contributed by atoms with Gasteiger partial charge in [0, 0.05) is 16.8 Å². The number of benzene rings is 2. The molecule has 8 heteroatoms. The summed E-state index contributed by atoms with van der Waals surface area (Å²) in [5.41, 5.74) is 1.59. The Kier molecular flexibility index (Phi) is 6.73.